The Kier molecular flexibility index (Phi) is 5.48. The van der Waals surface area contributed by atoms with Crippen molar-refractivity contribution in [1.82, 2.24) is 4.90 Å². The molecule has 0 amide bonds. The summed E-state index contributed by atoms with van der Waals surface area (Å²) in [5.74, 6) is 1.78. The van der Waals surface area contributed by atoms with Gasteiger partial charge in [0.1, 0.15) is 11.5 Å². The van der Waals surface area contributed by atoms with Crippen LogP contribution in [0, 0.1) is 0 Å². The SMILES string of the molecule is COc1ccc(OC)c(C(C)N2C(C)CCCC2CN)c1. The lowest BCUT2D eigenvalue weighted by molar-refractivity contribution is 0.0559. The number of nitrogens with two attached hydrogens (primary N) is 1. The molecule has 1 heterocycles. The van der Waals surface area contributed by atoms with Gasteiger partial charge in [-0.15, -0.1) is 0 Å². The van der Waals surface area contributed by atoms with Crippen molar-refractivity contribution in [3.8, 4) is 11.5 Å². The molecule has 1 aromatic carbocycles. The molecule has 1 aliphatic heterocycles. The van der Waals surface area contributed by atoms with Crippen molar-refractivity contribution >= 4 is 0 Å². The molecule has 1 fully saturated rings. The Bertz CT molecular complexity index is 464. The van der Waals surface area contributed by atoms with Gasteiger partial charge in [-0.3, -0.25) is 4.90 Å². The van der Waals surface area contributed by atoms with Crippen LogP contribution in [0.2, 0.25) is 0 Å². The average molecular weight is 292 g/mol. The molecule has 2 rings (SSSR count). The summed E-state index contributed by atoms with van der Waals surface area (Å²) in [5.41, 5.74) is 7.17. The number of nitrogens with zero attached hydrogens (tertiary/aromatic N) is 1. The number of piperidine rings is 1. The smallest absolute Gasteiger partial charge is 0.123 e. The van der Waals surface area contributed by atoms with Crippen LogP contribution >= 0.6 is 0 Å². The first-order valence-electron chi connectivity index (χ1n) is 7.81. The van der Waals surface area contributed by atoms with Crippen LogP contribution in [0.1, 0.15) is 44.7 Å². The van der Waals surface area contributed by atoms with E-state index < -0.39 is 0 Å². The fourth-order valence-electron chi connectivity index (χ4n) is 3.57. The van der Waals surface area contributed by atoms with E-state index in [2.05, 4.69) is 24.8 Å². The molecule has 0 radical (unpaired) electrons. The largest absolute Gasteiger partial charge is 0.497 e. The van der Waals surface area contributed by atoms with Crippen LogP contribution < -0.4 is 15.2 Å². The third-order valence-corrected chi connectivity index (χ3v) is 4.70. The van der Waals surface area contributed by atoms with Crippen LogP contribution in [-0.4, -0.2) is 37.7 Å². The van der Waals surface area contributed by atoms with Crippen LogP contribution in [0.15, 0.2) is 18.2 Å². The summed E-state index contributed by atoms with van der Waals surface area (Å²) in [6, 6.07) is 7.25. The van der Waals surface area contributed by atoms with E-state index in [0.29, 0.717) is 18.6 Å². The normalized spacial score (nSPS) is 24.6. The zero-order valence-corrected chi connectivity index (χ0v) is 13.6. The summed E-state index contributed by atoms with van der Waals surface area (Å²) in [5, 5.41) is 0. The number of hydrogen-bond acceptors (Lipinski definition) is 4. The maximum Gasteiger partial charge on any atom is 0.123 e. The van der Waals surface area contributed by atoms with Gasteiger partial charge in [-0.2, -0.15) is 0 Å². The number of likely N-dealkylation sites (tertiary alicyclic amines) is 1. The lowest BCUT2D eigenvalue weighted by Gasteiger charge is -2.44. The van der Waals surface area contributed by atoms with Crippen molar-refractivity contribution in [1.29, 1.82) is 0 Å². The van der Waals surface area contributed by atoms with E-state index in [1.807, 2.05) is 12.1 Å². The number of methoxy groups -OCH3 is 2. The molecule has 118 valence electrons. The molecule has 3 atom stereocenters. The second-order valence-electron chi connectivity index (χ2n) is 5.90. The van der Waals surface area contributed by atoms with Gasteiger partial charge in [0.15, 0.2) is 0 Å². The van der Waals surface area contributed by atoms with Crippen molar-refractivity contribution < 1.29 is 9.47 Å². The molecular weight excluding hydrogens is 264 g/mol. The van der Waals surface area contributed by atoms with Gasteiger partial charge in [0.2, 0.25) is 0 Å². The molecule has 1 aliphatic rings. The Balaban J connectivity index is 2.34. The first-order chi connectivity index (χ1) is 10.1. The van der Waals surface area contributed by atoms with E-state index in [1.54, 1.807) is 14.2 Å². The molecule has 0 aliphatic carbocycles. The van der Waals surface area contributed by atoms with Crippen molar-refractivity contribution in [3.05, 3.63) is 23.8 Å². The minimum absolute atomic E-state index is 0.263. The van der Waals surface area contributed by atoms with Gasteiger partial charge in [0.25, 0.3) is 0 Å². The molecule has 1 saturated heterocycles. The van der Waals surface area contributed by atoms with Gasteiger partial charge < -0.3 is 15.2 Å². The summed E-state index contributed by atoms with van der Waals surface area (Å²) in [4.78, 5) is 2.54. The van der Waals surface area contributed by atoms with Gasteiger partial charge >= 0.3 is 0 Å². The Morgan fingerprint density at radius 3 is 2.67 bits per heavy atom. The fraction of sp³-hybridized carbons (Fsp3) is 0.647. The third kappa shape index (κ3) is 3.33. The van der Waals surface area contributed by atoms with Gasteiger partial charge in [-0.05, 0) is 44.9 Å². The molecule has 21 heavy (non-hydrogen) atoms. The highest BCUT2D eigenvalue weighted by molar-refractivity contribution is 5.42. The zero-order chi connectivity index (χ0) is 15.4. The first-order valence-corrected chi connectivity index (χ1v) is 7.81. The first kappa shape index (κ1) is 16.1. The van der Waals surface area contributed by atoms with Crippen molar-refractivity contribution in [2.24, 2.45) is 5.73 Å². The second kappa shape index (κ2) is 7.14. The summed E-state index contributed by atoms with van der Waals surface area (Å²) >= 11 is 0. The lowest BCUT2D eigenvalue weighted by Crippen LogP contribution is -2.49. The molecule has 0 aromatic heterocycles. The Labute approximate surface area is 128 Å². The third-order valence-electron chi connectivity index (χ3n) is 4.70. The second-order valence-corrected chi connectivity index (χ2v) is 5.90. The predicted octanol–water partition coefficient (Wildman–Crippen LogP) is 2.97. The van der Waals surface area contributed by atoms with E-state index >= 15 is 0 Å². The Morgan fingerprint density at radius 1 is 1.29 bits per heavy atom. The zero-order valence-electron chi connectivity index (χ0n) is 13.6. The summed E-state index contributed by atoms with van der Waals surface area (Å²) in [6.07, 6.45) is 3.67. The molecule has 3 unspecified atom stereocenters. The maximum absolute atomic E-state index is 6.00. The average Bonchev–Trinajstić information content (AvgIpc) is 2.53. The highest BCUT2D eigenvalue weighted by Gasteiger charge is 2.32. The van der Waals surface area contributed by atoms with Crippen molar-refractivity contribution in [2.45, 2.75) is 51.2 Å². The van der Waals surface area contributed by atoms with E-state index in [9.17, 15) is 0 Å². The minimum Gasteiger partial charge on any atom is -0.497 e. The number of benzene rings is 1. The van der Waals surface area contributed by atoms with E-state index in [1.165, 1.54) is 24.8 Å². The maximum atomic E-state index is 6.00. The molecule has 0 spiro atoms. The number of rotatable bonds is 5. The number of hydrogen-bond donors (Lipinski definition) is 1. The monoisotopic (exact) mass is 292 g/mol. The van der Waals surface area contributed by atoms with Crippen LogP contribution in [0.4, 0.5) is 0 Å². The predicted molar refractivity (Wildman–Crippen MR) is 86.0 cm³/mol. The quantitative estimate of drug-likeness (QED) is 0.906. The van der Waals surface area contributed by atoms with E-state index in [4.69, 9.17) is 15.2 Å². The fourth-order valence-corrected chi connectivity index (χ4v) is 3.57. The van der Waals surface area contributed by atoms with Crippen LogP contribution in [0.3, 0.4) is 0 Å². The van der Waals surface area contributed by atoms with Gasteiger partial charge in [0, 0.05) is 30.2 Å². The Morgan fingerprint density at radius 2 is 2.05 bits per heavy atom. The highest BCUT2D eigenvalue weighted by atomic mass is 16.5. The van der Waals surface area contributed by atoms with Gasteiger partial charge in [-0.25, -0.2) is 0 Å². The molecule has 2 N–H and O–H groups in total. The molecular formula is C17H28N2O2. The minimum atomic E-state index is 0.263. The molecule has 4 nitrogen and oxygen atoms in total. The molecule has 1 aromatic rings. The molecule has 0 saturated carbocycles. The molecule has 0 bridgehead atoms. The summed E-state index contributed by atoms with van der Waals surface area (Å²) < 4.78 is 10.9. The summed E-state index contributed by atoms with van der Waals surface area (Å²) in [7, 11) is 3.42. The van der Waals surface area contributed by atoms with Crippen molar-refractivity contribution in [3.63, 3.8) is 0 Å². The van der Waals surface area contributed by atoms with Crippen molar-refractivity contribution in [2.75, 3.05) is 20.8 Å². The number of ether oxygens (including phenoxy) is 2. The van der Waals surface area contributed by atoms with Gasteiger partial charge in [0.05, 0.1) is 14.2 Å². The highest BCUT2D eigenvalue weighted by Crippen LogP contribution is 2.37. The standard InChI is InChI=1S/C17H28N2O2/c1-12-6-5-7-14(11-18)19(12)13(2)16-10-15(20-3)8-9-17(16)21-4/h8-10,12-14H,5-7,11,18H2,1-4H3. The summed E-state index contributed by atoms with van der Waals surface area (Å²) in [6.45, 7) is 5.24. The Hall–Kier alpha value is -1.26. The topological polar surface area (TPSA) is 47.7 Å². The van der Waals surface area contributed by atoms with E-state index in [-0.39, 0.29) is 6.04 Å². The molecule has 4 heteroatoms. The lowest BCUT2D eigenvalue weighted by atomic mass is 9.92. The van der Waals surface area contributed by atoms with E-state index in [0.717, 1.165) is 11.5 Å². The van der Waals surface area contributed by atoms with Crippen LogP contribution in [0.5, 0.6) is 11.5 Å². The van der Waals surface area contributed by atoms with Crippen LogP contribution in [-0.2, 0) is 0 Å². The van der Waals surface area contributed by atoms with Crippen LogP contribution in [0.25, 0.3) is 0 Å². The van der Waals surface area contributed by atoms with Gasteiger partial charge in [-0.1, -0.05) is 6.42 Å².